The summed E-state index contributed by atoms with van der Waals surface area (Å²) < 4.78 is 0. The summed E-state index contributed by atoms with van der Waals surface area (Å²) in [7, 11) is 0. The van der Waals surface area contributed by atoms with Gasteiger partial charge in [-0.3, -0.25) is 9.59 Å². The van der Waals surface area contributed by atoms with E-state index in [1.54, 1.807) is 13.8 Å². The van der Waals surface area contributed by atoms with Crippen LogP contribution >= 0.6 is 0 Å². The summed E-state index contributed by atoms with van der Waals surface area (Å²) in [4.78, 5) is 20.3. The third-order valence-electron chi connectivity index (χ3n) is 1.10. The van der Waals surface area contributed by atoms with E-state index >= 15 is 0 Å². The number of rotatable bonds is 5. The molecule has 0 saturated heterocycles. The smallest absolute Gasteiger partial charge is 0.217 e. The quantitative estimate of drug-likeness (QED) is 0.480. The minimum Gasteiger partial charge on any atom is -0.397 e. The monoisotopic (exact) mass is 236 g/mol. The van der Waals surface area contributed by atoms with Crippen LogP contribution in [0.4, 0.5) is 0 Å². The van der Waals surface area contributed by atoms with Crippen molar-refractivity contribution in [1.82, 2.24) is 0 Å². The van der Waals surface area contributed by atoms with Crippen LogP contribution in [0.25, 0.3) is 0 Å². The summed E-state index contributed by atoms with van der Waals surface area (Å²) >= 11 is 0. The minimum atomic E-state index is -0.329. The maximum atomic E-state index is 10.2. The van der Waals surface area contributed by atoms with Crippen molar-refractivity contribution in [2.45, 2.75) is 39.5 Å². The van der Waals surface area contributed by atoms with E-state index in [1.807, 2.05) is 0 Å². The van der Waals surface area contributed by atoms with Gasteiger partial charge in [-0.25, -0.2) is 0 Å². The molecule has 6 nitrogen and oxygen atoms in total. The second-order valence-electron chi connectivity index (χ2n) is 2.77. The van der Waals surface area contributed by atoms with E-state index in [4.69, 9.17) is 21.7 Å². The number of aliphatic hydroxyl groups excluding tert-OH is 2. The van der Waals surface area contributed by atoms with Gasteiger partial charge in [-0.2, -0.15) is 0 Å². The first-order chi connectivity index (χ1) is 7.45. The standard InChI is InChI=1S/C6H12N2O2.2C2H6O/c7-5(9)3-1-2-4-6(8)10;2*1-2-3/h1-4H2,(H2,7,9)(H2,8,10);2*3H,2H2,1H3. The highest BCUT2D eigenvalue weighted by Gasteiger charge is 1.96. The number of primary amides is 2. The Morgan fingerprint density at radius 3 is 1.19 bits per heavy atom. The van der Waals surface area contributed by atoms with Gasteiger partial charge in [0.15, 0.2) is 0 Å². The number of amides is 2. The zero-order valence-electron chi connectivity index (χ0n) is 10.1. The molecule has 6 N–H and O–H groups in total. The number of carbonyl (C=O) groups excluding carboxylic acids is 2. The molecule has 0 spiro atoms. The molecule has 0 atom stereocenters. The van der Waals surface area contributed by atoms with Gasteiger partial charge in [0.1, 0.15) is 0 Å². The Bertz CT molecular complexity index is 145. The topological polar surface area (TPSA) is 127 Å². The van der Waals surface area contributed by atoms with Gasteiger partial charge in [0.05, 0.1) is 0 Å². The molecule has 6 heteroatoms. The fourth-order valence-electron chi connectivity index (χ4n) is 0.598. The van der Waals surface area contributed by atoms with E-state index < -0.39 is 0 Å². The number of carbonyl (C=O) groups is 2. The molecule has 0 unspecified atom stereocenters. The molecular formula is C10H24N2O4. The van der Waals surface area contributed by atoms with Crippen LogP contribution in [-0.2, 0) is 9.59 Å². The summed E-state index contributed by atoms with van der Waals surface area (Å²) in [5.74, 6) is -0.658. The first-order valence-electron chi connectivity index (χ1n) is 5.24. The Hall–Kier alpha value is -1.14. The van der Waals surface area contributed by atoms with Crippen LogP contribution in [0.15, 0.2) is 0 Å². The van der Waals surface area contributed by atoms with Crippen molar-refractivity contribution in [2.24, 2.45) is 11.5 Å². The number of nitrogens with two attached hydrogens (primary N) is 2. The highest BCUT2D eigenvalue weighted by molar-refractivity contribution is 5.74. The minimum absolute atomic E-state index is 0.250. The fraction of sp³-hybridized carbons (Fsp3) is 0.800. The summed E-state index contributed by atoms with van der Waals surface area (Å²) in [6.07, 6.45) is 1.98. The lowest BCUT2D eigenvalue weighted by molar-refractivity contribution is -0.119. The first-order valence-corrected chi connectivity index (χ1v) is 5.24. The Morgan fingerprint density at radius 1 is 0.875 bits per heavy atom. The summed E-state index contributed by atoms with van der Waals surface area (Å²) in [6.45, 7) is 3.86. The van der Waals surface area contributed by atoms with Gasteiger partial charge in [-0.1, -0.05) is 0 Å². The second-order valence-corrected chi connectivity index (χ2v) is 2.77. The average Bonchev–Trinajstić information content (AvgIpc) is 2.14. The van der Waals surface area contributed by atoms with Crippen LogP contribution in [-0.4, -0.2) is 35.2 Å². The molecule has 16 heavy (non-hydrogen) atoms. The van der Waals surface area contributed by atoms with Crippen LogP contribution in [0.2, 0.25) is 0 Å². The molecule has 0 bridgehead atoms. The molecule has 0 saturated carbocycles. The maximum Gasteiger partial charge on any atom is 0.217 e. The Balaban J connectivity index is -0.000000235. The predicted octanol–water partition coefficient (Wildman–Crippen LogP) is -0.485. The van der Waals surface area contributed by atoms with Gasteiger partial charge >= 0.3 is 0 Å². The molecule has 0 fully saturated rings. The van der Waals surface area contributed by atoms with Crippen LogP contribution < -0.4 is 11.5 Å². The molecule has 0 aromatic heterocycles. The van der Waals surface area contributed by atoms with Gasteiger partial charge in [-0.05, 0) is 26.7 Å². The molecule has 0 aromatic rings. The van der Waals surface area contributed by atoms with Gasteiger partial charge in [0, 0.05) is 26.1 Å². The molecule has 2 amide bonds. The molecule has 0 aliphatic rings. The van der Waals surface area contributed by atoms with Crippen molar-refractivity contribution in [3.63, 3.8) is 0 Å². The SMILES string of the molecule is CCO.CCO.NC(=O)CCCCC(N)=O. The highest BCUT2D eigenvalue weighted by atomic mass is 16.3. The normalized spacial score (nSPS) is 8.00. The maximum absolute atomic E-state index is 10.2. The van der Waals surface area contributed by atoms with Crippen molar-refractivity contribution in [3.8, 4) is 0 Å². The Morgan fingerprint density at radius 2 is 1.06 bits per heavy atom. The molecule has 98 valence electrons. The summed E-state index contributed by atoms with van der Waals surface area (Å²) in [6, 6.07) is 0. The average molecular weight is 236 g/mol. The van der Waals surface area contributed by atoms with Crippen molar-refractivity contribution in [1.29, 1.82) is 0 Å². The third kappa shape index (κ3) is 52.7. The molecule has 0 rings (SSSR count). The lowest BCUT2D eigenvalue weighted by atomic mass is 10.2. The zero-order valence-corrected chi connectivity index (χ0v) is 10.1. The van der Waals surface area contributed by atoms with E-state index in [0.29, 0.717) is 25.7 Å². The van der Waals surface area contributed by atoms with Gasteiger partial charge < -0.3 is 21.7 Å². The largest absolute Gasteiger partial charge is 0.397 e. The van der Waals surface area contributed by atoms with Crippen molar-refractivity contribution in [2.75, 3.05) is 13.2 Å². The number of unbranched alkanes of at least 4 members (excludes halogenated alkanes) is 1. The number of hydrogen-bond donors (Lipinski definition) is 4. The van der Waals surface area contributed by atoms with Crippen molar-refractivity contribution in [3.05, 3.63) is 0 Å². The Labute approximate surface area is 96.6 Å². The number of hydrogen-bond acceptors (Lipinski definition) is 4. The van der Waals surface area contributed by atoms with Gasteiger partial charge in [-0.15, -0.1) is 0 Å². The van der Waals surface area contributed by atoms with Crippen molar-refractivity contribution < 1.29 is 19.8 Å². The molecule has 0 aliphatic carbocycles. The fourth-order valence-corrected chi connectivity index (χ4v) is 0.598. The first kappa shape index (κ1) is 20.3. The van der Waals surface area contributed by atoms with E-state index in [2.05, 4.69) is 0 Å². The van der Waals surface area contributed by atoms with Crippen LogP contribution in [0.1, 0.15) is 39.5 Å². The lowest BCUT2D eigenvalue weighted by Gasteiger charge is -1.93. The summed E-state index contributed by atoms with van der Waals surface area (Å²) in [5.41, 5.74) is 9.71. The lowest BCUT2D eigenvalue weighted by Crippen LogP contribution is -2.12. The summed E-state index contributed by atoms with van der Waals surface area (Å²) in [5, 5.41) is 15.1. The Kier molecular flexibility index (Phi) is 24.7. The zero-order chi connectivity index (χ0) is 13.4. The molecule has 0 aromatic carbocycles. The molecular weight excluding hydrogens is 212 g/mol. The van der Waals surface area contributed by atoms with E-state index in [0.717, 1.165) is 0 Å². The van der Waals surface area contributed by atoms with E-state index in [-0.39, 0.29) is 25.0 Å². The van der Waals surface area contributed by atoms with Gasteiger partial charge in [0.25, 0.3) is 0 Å². The van der Waals surface area contributed by atoms with Crippen LogP contribution in [0.3, 0.4) is 0 Å². The third-order valence-corrected chi connectivity index (χ3v) is 1.10. The highest BCUT2D eigenvalue weighted by Crippen LogP contribution is 1.97. The molecule has 0 aliphatic heterocycles. The van der Waals surface area contributed by atoms with Gasteiger partial charge in [0.2, 0.25) is 11.8 Å². The van der Waals surface area contributed by atoms with Crippen LogP contribution in [0.5, 0.6) is 0 Å². The second kappa shape index (κ2) is 19.4. The molecule has 0 radical (unpaired) electrons. The number of aliphatic hydroxyl groups is 2. The van der Waals surface area contributed by atoms with E-state index in [9.17, 15) is 9.59 Å². The van der Waals surface area contributed by atoms with E-state index in [1.165, 1.54) is 0 Å². The molecule has 0 heterocycles. The predicted molar refractivity (Wildman–Crippen MR) is 62.4 cm³/mol. The van der Waals surface area contributed by atoms with Crippen LogP contribution in [0, 0.1) is 0 Å². The van der Waals surface area contributed by atoms with Crippen molar-refractivity contribution >= 4 is 11.8 Å².